The Morgan fingerprint density at radius 3 is 2.14 bits per heavy atom. The van der Waals surface area contributed by atoms with Crippen LogP contribution in [0.2, 0.25) is 0 Å². The first-order valence-corrected chi connectivity index (χ1v) is 9.13. The number of hydrogen-bond acceptors (Lipinski definition) is 7. The number of carboxylic acids is 1. The highest BCUT2D eigenvalue weighted by molar-refractivity contribution is 6.01. The van der Waals surface area contributed by atoms with Crippen molar-refractivity contribution < 1.29 is 38.8 Å². The number of rotatable bonds is 13. The molecule has 1 rings (SSSR count). The maximum atomic E-state index is 12.3. The molecule has 1 amide bonds. The summed E-state index contributed by atoms with van der Waals surface area (Å²) in [6, 6.07) is 6.31. The van der Waals surface area contributed by atoms with Gasteiger partial charge in [0.25, 0.3) is 0 Å². The van der Waals surface area contributed by atoms with Crippen molar-refractivity contribution in [1.82, 2.24) is 4.90 Å². The van der Waals surface area contributed by atoms with Gasteiger partial charge in [0.05, 0.1) is 19.5 Å². The van der Waals surface area contributed by atoms with Crippen molar-refractivity contribution in [2.75, 3.05) is 33.9 Å². The quantitative estimate of drug-likeness (QED) is 0.368. The second-order valence-corrected chi connectivity index (χ2v) is 6.90. The van der Waals surface area contributed by atoms with E-state index in [0.717, 1.165) is 0 Å². The molecule has 9 heteroatoms. The first-order valence-electron chi connectivity index (χ1n) is 9.13. The second-order valence-electron chi connectivity index (χ2n) is 6.90. The predicted molar refractivity (Wildman–Crippen MR) is 104 cm³/mol. The van der Waals surface area contributed by atoms with E-state index in [2.05, 4.69) is 0 Å². The topological polar surface area (TPSA) is 123 Å². The number of hydrogen-bond donors (Lipinski definition) is 2. The van der Waals surface area contributed by atoms with Crippen LogP contribution in [-0.2, 0) is 19.1 Å². The van der Waals surface area contributed by atoms with Crippen molar-refractivity contribution in [3.8, 4) is 5.75 Å². The van der Waals surface area contributed by atoms with Crippen LogP contribution >= 0.6 is 0 Å². The van der Waals surface area contributed by atoms with Crippen molar-refractivity contribution in [3.63, 3.8) is 0 Å². The van der Waals surface area contributed by atoms with Gasteiger partial charge in [-0.1, -0.05) is 0 Å². The van der Waals surface area contributed by atoms with Crippen LogP contribution < -0.4 is 4.74 Å². The third-order valence-electron chi connectivity index (χ3n) is 4.10. The fourth-order valence-corrected chi connectivity index (χ4v) is 2.44. The van der Waals surface area contributed by atoms with E-state index in [1.807, 2.05) is 0 Å². The minimum Gasteiger partial charge on any atom is -0.492 e. The minimum absolute atomic E-state index is 0.133. The third-order valence-corrected chi connectivity index (χ3v) is 4.10. The van der Waals surface area contributed by atoms with Gasteiger partial charge in [-0.3, -0.25) is 14.4 Å². The molecule has 2 N–H and O–H groups in total. The highest BCUT2D eigenvalue weighted by atomic mass is 16.7. The molecule has 0 heterocycles. The van der Waals surface area contributed by atoms with Crippen molar-refractivity contribution in [2.45, 2.75) is 38.6 Å². The van der Waals surface area contributed by atoms with E-state index in [4.69, 9.17) is 19.3 Å². The normalized spacial score (nSPS) is 11.4. The Morgan fingerprint density at radius 2 is 1.66 bits per heavy atom. The van der Waals surface area contributed by atoms with Crippen LogP contribution in [-0.4, -0.2) is 78.6 Å². The zero-order valence-corrected chi connectivity index (χ0v) is 17.2. The molecular formula is C20H29NO8. The van der Waals surface area contributed by atoms with Gasteiger partial charge in [-0.15, -0.1) is 0 Å². The lowest BCUT2D eigenvalue weighted by molar-refractivity contribution is -0.148. The molecule has 0 atom stereocenters. The molecule has 1 aromatic carbocycles. The molecule has 0 bridgehead atoms. The Hall–Kier alpha value is -2.49. The molecule has 0 radical (unpaired) electrons. The number of nitrogens with zero attached hydrogens (tertiary/aromatic N) is 1. The van der Waals surface area contributed by atoms with E-state index in [9.17, 15) is 19.5 Å². The van der Waals surface area contributed by atoms with Crippen LogP contribution in [0.3, 0.4) is 0 Å². The van der Waals surface area contributed by atoms with E-state index < -0.39 is 23.6 Å². The summed E-state index contributed by atoms with van der Waals surface area (Å²) in [4.78, 5) is 36.5. The molecule has 162 valence electrons. The van der Waals surface area contributed by atoms with Crippen LogP contribution in [0.5, 0.6) is 5.75 Å². The maximum absolute atomic E-state index is 12.3. The van der Waals surface area contributed by atoms with Crippen molar-refractivity contribution in [2.24, 2.45) is 0 Å². The number of carbonyl (C=O) groups excluding carboxylic acids is 2. The monoisotopic (exact) mass is 411 g/mol. The molecule has 0 saturated heterocycles. The van der Waals surface area contributed by atoms with Crippen LogP contribution in [0.4, 0.5) is 0 Å². The zero-order valence-electron chi connectivity index (χ0n) is 17.2. The van der Waals surface area contributed by atoms with E-state index in [1.165, 1.54) is 33.0 Å². The van der Waals surface area contributed by atoms with Gasteiger partial charge in [0, 0.05) is 26.2 Å². The third kappa shape index (κ3) is 8.59. The fraction of sp³-hybridized carbons (Fsp3) is 0.550. The van der Waals surface area contributed by atoms with Crippen molar-refractivity contribution >= 4 is 17.7 Å². The number of amides is 1. The van der Waals surface area contributed by atoms with Gasteiger partial charge in [0.2, 0.25) is 5.91 Å². The number of carboxylic acid groups (broad SMARTS) is 1. The Kier molecular flexibility index (Phi) is 9.73. The zero-order chi connectivity index (χ0) is 22.0. The summed E-state index contributed by atoms with van der Waals surface area (Å²) in [5.74, 6) is -1.30. The summed E-state index contributed by atoms with van der Waals surface area (Å²) >= 11 is 0. The smallest absolute Gasteiger partial charge is 0.303 e. The first-order chi connectivity index (χ1) is 13.6. The second kappa shape index (κ2) is 11.5. The molecule has 9 nitrogen and oxygen atoms in total. The van der Waals surface area contributed by atoms with Crippen LogP contribution in [0, 0.1) is 0 Å². The Labute approximate surface area is 170 Å². The summed E-state index contributed by atoms with van der Waals surface area (Å²) in [7, 11) is 2.89. The molecule has 1 aromatic rings. The van der Waals surface area contributed by atoms with Crippen molar-refractivity contribution in [1.29, 1.82) is 0 Å². The number of ether oxygens (including phenoxy) is 3. The summed E-state index contributed by atoms with van der Waals surface area (Å²) in [5, 5.41) is 18.5. The molecule has 0 aliphatic rings. The summed E-state index contributed by atoms with van der Waals surface area (Å²) < 4.78 is 15.8. The highest BCUT2D eigenvalue weighted by Gasteiger charge is 2.25. The van der Waals surface area contributed by atoms with Gasteiger partial charge in [-0.05, 0) is 38.1 Å². The van der Waals surface area contributed by atoms with Gasteiger partial charge < -0.3 is 29.3 Å². The molecule has 0 aliphatic carbocycles. The maximum Gasteiger partial charge on any atom is 0.303 e. The van der Waals surface area contributed by atoms with Gasteiger partial charge in [0.1, 0.15) is 18.0 Å². The van der Waals surface area contributed by atoms with Crippen LogP contribution in [0.25, 0.3) is 0 Å². The molecule has 0 aromatic heterocycles. The SMILES string of the molecule is COC(CN(CCOc1ccc(C(=O)C(C)(C)O)cc1)C(=O)CCC(=O)O)OC. The molecular weight excluding hydrogens is 382 g/mol. The minimum atomic E-state index is -1.46. The van der Waals surface area contributed by atoms with E-state index >= 15 is 0 Å². The molecule has 0 fully saturated rings. The first kappa shape index (κ1) is 24.5. The number of benzene rings is 1. The predicted octanol–water partition coefficient (Wildman–Crippen LogP) is 1.33. The van der Waals surface area contributed by atoms with E-state index in [0.29, 0.717) is 11.3 Å². The van der Waals surface area contributed by atoms with Crippen LogP contribution in [0.15, 0.2) is 24.3 Å². The average molecular weight is 411 g/mol. The number of aliphatic carboxylic acids is 1. The summed E-state index contributed by atoms with van der Waals surface area (Å²) in [6.07, 6.45) is -1.04. The van der Waals surface area contributed by atoms with Gasteiger partial charge >= 0.3 is 5.97 Å². The molecule has 29 heavy (non-hydrogen) atoms. The van der Waals surface area contributed by atoms with E-state index in [1.54, 1.807) is 24.3 Å². The standard InChI is InChI=1S/C20H29NO8/c1-20(2,26)19(25)14-5-7-15(8-6-14)29-12-11-21(13-18(27-3)28-4)16(22)9-10-17(23)24/h5-8,18,26H,9-13H2,1-4H3,(H,23,24). The number of Topliss-reactive ketones (excluding diaryl/α,β-unsaturated/α-hetero) is 1. The number of aliphatic hydroxyl groups is 1. The molecule has 0 spiro atoms. The summed E-state index contributed by atoms with van der Waals surface area (Å²) in [6.45, 7) is 3.32. The largest absolute Gasteiger partial charge is 0.492 e. The van der Waals surface area contributed by atoms with Gasteiger partial charge in [0.15, 0.2) is 12.1 Å². The summed E-state index contributed by atoms with van der Waals surface area (Å²) in [5.41, 5.74) is -1.10. The van der Waals surface area contributed by atoms with Gasteiger partial charge in [-0.2, -0.15) is 0 Å². The lowest BCUT2D eigenvalue weighted by Crippen LogP contribution is -2.41. The molecule has 0 saturated carbocycles. The number of ketones is 1. The van der Waals surface area contributed by atoms with E-state index in [-0.39, 0.29) is 38.4 Å². The molecule has 0 aliphatic heterocycles. The Morgan fingerprint density at radius 1 is 1.07 bits per heavy atom. The highest BCUT2D eigenvalue weighted by Crippen LogP contribution is 2.17. The van der Waals surface area contributed by atoms with Crippen LogP contribution in [0.1, 0.15) is 37.0 Å². The Bertz CT molecular complexity index is 677. The average Bonchev–Trinajstić information content (AvgIpc) is 2.68. The van der Waals surface area contributed by atoms with Crippen molar-refractivity contribution in [3.05, 3.63) is 29.8 Å². The lowest BCUT2D eigenvalue weighted by Gasteiger charge is -2.26. The fourth-order valence-electron chi connectivity index (χ4n) is 2.44. The number of carbonyl (C=O) groups is 3. The van der Waals surface area contributed by atoms with Gasteiger partial charge in [-0.25, -0.2) is 0 Å². The molecule has 0 unspecified atom stereocenters. The number of methoxy groups -OCH3 is 2. The lowest BCUT2D eigenvalue weighted by atomic mass is 9.97. The Balaban J connectivity index is 2.67.